The molecular weight excluding hydrogens is 240 g/mol. The molecule has 17 heavy (non-hydrogen) atoms. The Morgan fingerprint density at radius 3 is 3.06 bits per heavy atom. The minimum atomic E-state index is -0.411. The molecule has 2 aromatic rings. The molecule has 1 atom stereocenters. The summed E-state index contributed by atoms with van der Waals surface area (Å²) >= 11 is 1.38. The average molecular weight is 252 g/mol. The van der Waals surface area contributed by atoms with Crippen molar-refractivity contribution in [2.75, 3.05) is 11.9 Å². The van der Waals surface area contributed by atoms with E-state index in [1.807, 2.05) is 13.0 Å². The SMILES string of the molecule is CC(N)CNc1ccc2scnc2c1[N+](=O)[O-]. The number of benzene rings is 1. The fourth-order valence-corrected chi connectivity index (χ4v) is 2.19. The third-order valence-corrected chi connectivity index (χ3v) is 3.07. The standard InChI is InChI=1S/C10H12N4O2S/c1-6(11)4-12-7-2-3-8-9(13-5-17-8)10(7)14(15)16/h2-3,5-6,12H,4,11H2,1H3. The highest BCUT2D eigenvalue weighted by Crippen LogP contribution is 2.34. The van der Waals surface area contributed by atoms with Gasteiger partial charge in [0.1, 0.15) is 5.69 Å². The second-order valence-corrected chi connectivity index (χ2v) is 4.66. The first-order valence-electron chi connectivity index (χ1n) is 5.09. The second kappa shape index (κ2) is 4.64. The van der Waals surface area contributed by atoms with Gasteiger partial charge >= 0.3 is 5.69 Å². The number of hydrogen-bond acceptors (Lipinski definition) is 6. The lowest BCUT2D eigenvalue weighted by Gasteiger charge is -2.09. The monoisotopic (exact) mass is 252 g/mol. The Morgan fingerprint density at radius 2 is 2.41 bits per heavy atom. The molecule has 0 bridgehead atoms. The normalized spacial score (nSPS) is 12.6. The summed E-state index contributed by atoms with van der Waals surface area (Å²) in [5.41, 5.74) is 8.12. The molecule has 0 saturated heterocycles. The molecular formula is C10H12N4O2S. The number of nitrogens with zero attached hydrogens (tertiary/aromatic N) is 2. The van der Waals surface area contributed by atoms with Crippen molar-refractivity contribution in [1.29, 1.82) is 0 Å². The van der Waals surface area contributed by atoms with Crippen molar-refractivity contribution in [3.05, 3.63) is 27.8 Å². The zero-order valence-corrected chi connectivity index (χ0v) is 10.0. The lowest BCUT2D eigenvalue weighted by molar-refractivity contribution is -0.382. The number of nitrogens with two attached hydrogens (primary N) is 1. The second-order valence-electron chi connectivity index (χ2n) is 3.78. The number of hydrogen-bond donors (Lipinski definition) is 2. The van der Waals surface area contributed by atoms with E-state index in [0.717, 1.165) is 4.70 Å². The van der Waals surface area contributed by atoms with E-state index < -0.39 is 4.92 Å². The molecule has 3 N–H and O–H groups in total. The van der Waals surface area contributed by atoms with E-state index in [0.29, 0.717) is 17.7 Å². The maximum Gasteiger partial charge on any atom is 0.319 e. The van der Waals surface area contributed by atoms with Crippen LogP contribution in [0.5, 0.6) is 0 Å². The lowest BCUT2D eigenvalue weighted by Crippen LogP contribution is -2.25. The van der Waals surface area contributed by atoms with Crippen LogP contribution in [-0.4, -0.2) is 22.5 Å². The Bertz CT molecular complexity index is 552. The van der Waals surface area contributed by atoms with Crippen molar-refractivity contribution in [2.24, 2.45) is 5.73 Å². The summed E-state index contributed by atoms with van der Waals surface area (Å²) < 4.78 is 0.808. The Kier molecular flexibility index (Phi) is 3.21. The summed E-state index contributed by atoms with van der Waals surface area (Å²) in [5.74, 6) is 0. The molecule has 1 heterocycles. The third-order valence-electron chi connectivity index (χ3n) is 2.27. The zero-order valence-electron chi connectivity index (χ0n) is 9.21. The fraction of sp³-hybridized carbons (Fsp3) is 0.300. The molecule has 0 amide bonds. The van der Waals surface area contributed by atoms with Gasteiger partial charge in [-0.15, -0.1) is 11.3 Å². The summed E-state index contributed by atoms with van der Waals surface area (Å²) in [5, 5.41) is 14.1. The molecule has 0 radical (unpaired) electrons. The predicted molar refractivity (Wildman–Crippen MR) is 68.4 cm³/mol. The summed E-state index contributed by atoms with van der Waals surface area (Å²) in [6.45, 7) is 2.32. The van der Waals surface area contributed by atoms with E-state index in [1.165, 1.54) is 11.3 Å². The Hall–Kier alpha value is -1.73. The van der Waals surface area contributed by atoms with Gasteiger partial charge in [-0.1, -0.05) is 0 Å². The molecule has 6 nitrogen and oxygen atoms in total. The zero-order chi connectivity index (χ0) is 12.4. The minimum Gasteiger partial charge on any atom is -0.378 e. The van der Waals surface area contributed by atoms with E-state index in [-0.39, 0.29) is 11.7 Å². The highest BCUT2D eigenvalue weighted by molar-refractivity contribution is 7.16. The average Bonchev–Trinajstić information content (AvgIpc) is 2.72. The molecule has 1 aromatic carbocycles. The van der Waals surface area contributed by atoms with Crippen molar-refractivity contribution >= 4 is 32.9 Å². The van der Waals surface area contributed by atoms with Crippen molar-refractivity contribution in [1.82, 2.24) is 4.98 Å². The van der Waals surface area contributed by atoms with Crippen LogP contribution in [0.15, 0.2) is 17.6 Å². The molecule has 0 saturated carbocycles. The number of aromatic nitrogens is 1. The topological polar surface area (TPSA) is 94.1 Å². The number of nitrogens with one attached hydrogen (secondary N) is 1. The van der Waals surface area contributed by atoms with Gasteiger partial charge in [0.25, 0.3) is 0 Å². The Balaban J connectivity index is 2.46. The number of nitro groups is 1. The smallest absolute Gasteiger partial charge is 0.319 e. The molecule has 0 aliphatic heterocycles. The molecule has 1 unspecified atom stereocenters. The highest BCUT2D eigenvalue weighted by atomic mass is 32.1. The van der Waals surface area contributed by atoms with Crippen LogP contribution in [-0.2, 0) is 0 Å². The van der Waals surface area contributed by atoms with Crippen LogP contribution < -0.4 is 11.1 Å². The third kappa shape index (κ3) is 2.34. The number of rotatable bonds is 4. The Morgan fingerprint density at radius 1 is 1.65 bits per heavy atom. The van der Waals surface area contributed by atoms with Gasteiger partial charge in [0.2, 0.25) is 0 Å². The van der Waals surface area contributed by atoms with Gasteiger partial charge in [0, 0.05) is 12.6 Å². The molecule has 0 aliphatic rings. The van der Waals surface area contributed by atoms with Gasteiger partial charge in [-0.05, 0) is 19.1 Å². The van der Waals surface area contributed by atoms with Crippen molar-refractivity contribution < 1.29 is 4.92 Å². The summed E-state index contributed by atoms with van der Waals surface area (Å²) in [4.78, 5) is 14.7. The molecule has 2 rings (SSSR count). The van der Waals surface area contributed by atoms with E-state index in [4.69, 9.17) is 5.73 Å². The van der Waals surface area contributed by atoms with Crippen LogP contribution in [0, 0.1) is 10.1 Å². The maximum atomic E-state index is 11.1. The quantitative estimate of drug-likeness (QED) is 0.640. The minimum absolute atomic E-state index is 0.0180. The summed E-state index contributed by atoms with van der Waals surface area (Å²) in [7, 11) is 0. The number of anilines is 1. The van der Waals surface area contributed by atoms with Crippen LogP contribution in [0.25, 0.3) is 10.2 Å². The molecule has 0 fully saturated rings. The number of nitro benzene ring substituents is 1. The maximum absolute atomic E-state index is 11.1. The molecule has 0 spiro atoms. The first-order chi connectivity index (χ1) is 8.09. The van der Waals surface area contributed by atoms with Gasteiger partial charge < -0.3 is 11.1 Å². The molecule has 0 aliphatic carbocycles. The van der Waals surface area contributed by atoms with Crippen molar-refractivity contribution in [3.8, 4) is 0 Å². The van der Waals surface area contributed by atoms with Crippen LogP contribution >= 0.6 is 11.3 Å². The number of fused-ring (bicyclic) bond motifs is 1. The largest absolute Gasteiger partial charge is 0.378 e. The van der Waals surface area contributed by atoms with Crippen LogP contribution in [0.4, 0.5) is 11.4 Å². The van der Waals surface area contributed by atoms with Gasteiger partial charge in [-0.2, -0.15) is 0 Å². The predicted octanol–water partition coefficient (Wildman–Crippen LogP) is 1.96. The molecule has 90 valence electrons. The highest BCUT2D eigenvalue weighted by Gasteiger charge is 2.20. The number of thiazole rings is 1. The van der Waals surface area contributed by atoms with Crippen LogP contribution in [0.3, 0.4) is 0 Å². The van der Waals surface area contributed by atoms with Crippen molar-refractivity contribution in [3.63, 3.8) is 0 Å². The van der Waals surface area contributed by atoms with E-state index >= 15 is 0 Å². The summed E-state index contributed by atoms with van der Waals surface area (Å²) in [6.07, 6.45) is 0. The lowest BCUT2D eigenvalue weighted by atomic mass is 10.2. The fourth-order valence-electron chi connectivity index (χ4n) is 1.52. The van der Waals surface area contributed by atoms with Crippen molar-refractivity contribution in [2.45, 2.75) is 13.0 Å². The van der Waals surface area contributed by atoms with Gasteiger partial charge in [-0.3, -0.25) is 10.1 Å². The van der Waals surface area contributed by atoms with Gasteiger partial charge in [0.15, 0.2) is 5.52 Å². The van der Waals surface area contributed by atoms with Crippen LogP contribution in [0.2, 0.25) is 0 Å². The summed E-state index contributed by atoms with van der Waals surface area (Å²) in [6, 6.07) is 3.45. The van der Waals surface area contributed by atoms with E-state index in [2.05, 4.69) is 10.3 Å². The Labute approximate surface area is 102 Å². The van der Waals surface area contributed by atoms with Gasteiger partial charge in [-0.25, -0.2) is 4.98 Å². The first-order valence-corrected chi connectivity index (χ1v) is 5.97. The van der Waals surface area contributed by atoms with E-state index in [9.17, 15) is 10.1 Å². The van der Waals surface area contributed by atoms with Gasteiger partial charge in [0.05, 0.1) is 15.1 Å². The molecule has 7 heteroatoms. The first kappa shape index (κ1) is 11.7. The molecule has 1 aromatic heterocycles. The van der Waals surface area contributed by atoms with E-state index in [1.54, 1.807) is 11.6 Å². The van der Waals surface area contributed by atoms with Crippen LogP contribution in [0.1, 0.15) is 6.92 Å².